The zero-order chi connectivity index (χ0) is 11.7. The third kappa shape index (κ3) is 2.20. The van der Waals surface area contributed by atoms with Crippen molar-refractivity contribution in [1.82, 2.24) is 9.55 Å². The quantitative estimate of drug-likeness (QED) is 0.789. The van der Waals surface area contributed by atoms with E-state index in [1.807, 2.05) is 0 Å². The molecule has 6 heteroatoms. The molecule has 0 radical (unpaired) electrons. The minimum absolute atomic E-state index is 0.124. The molecule has 0 unspecified atom stereocenters. The van der Waals surface area contributed by atoms with Gasteiger partial charge in [0.1, 0.15) is 5.82 Å². The summed E-state index contributed by atoms with van der Waals surface area (Å²) < 4.78 is 27.2. The standard InChI is InChI=1S/C10H8BrClF2N2/c11-6-1-2-8-7(3-6)15-10(4-12)16(8)5-9(13)14/h1-3,9H,4-5H2. The largest absolute Gasteiger partial charge is 0.321 e. The predicted octanol–water partition coefficient (Wildman–Crippen LogP) is 3.80. The average Bonchev–Trinajstić information content (AvgIpc) is 2.55. The van der Waals surface area contributed by atoms with E-state index in [1.54, 1.807) is 18.2 Å². The Kier molecular flexibility index (Phi) is 3.44. The molecule has 0 saturated heterocycles. The van der Waals surface area contributed by atoms with Crippen molar-refractivity contribution >= 4 is 38.6 Å². The van der Waals surface area contributed by atoms with E-state index in [0.29, 0.717) is 16.9 Å². The first-order chi connectivity index (χ1) is 7.61. The van der Waals surface area contributed by atoms with Gasteiger partial charge >= 0.3 is 0 Å². The van der Waals surface area contributed by atoms with E-state index in [2.05, 4.69) is 20.9 Å². The molecule has 1 aromatic heterocycles. The number of fused-ring (bicyclic) bond motifs is 1. The monoisotopic (exact) mass is 308 g/mol. The van der Waals surface area contributed by atoms with Crippen LogP contribution in [0.4, 0.5) is 8.78 Å². The molecule has 0 aliphatic carbocycles. The van der Waals surface area contributed by atoms with Gasteiger partial charge in [0, 0.05) is 4.47 Å². The van der Waals surface area contributed by atoms with E-state index in [1.165, 1.54) is 4.57 Å². The highest BCUT2D eigenvalue weighted by atomic mass is 79.9. The van der Waals surface area contributed by atoms with Crippen LogP contribution in [0.2, 0.25) is 0 Å². The van der Waals surface area contributed by atoms with Gasteiger partial charge in [-0.1, -0.05) is 15.9 Å². The van der Waals surface area contributed by atoms with Gasteiger partial charge in [0.15, 0.2) is 0 Å². The van der Waals surface area contributed by atoms with Crippen molar-refractivity contribution < 1.29 is 8.78 Å². The Labute approximate surface area is 104 Å². The van der Waals surface area contributed by atoms with Crippen LogP contribution in [0, 0.1) is 0 Å². The van der Waals surface area contributed by atoms with Crippen LogP contribution in [0.1, 0.15) is 5.82 Å². The highest BCUT2D eigenvalue weighted by Crippen LogP contribution is 2.22. The molecule has 0 saturated carbocycles. The molecule has 0 aliphatic heterocycles. The lowest BCUT2D eigenvalue weighted by Gasteiger charge is -2.06. The number of aromatic nitrogens is 2. The Morgan fingerprint density at radius 3 is 2.81 bits per heavy atom. The minimum Gasteiger partial charge on any atom is -0.321 e. The van der Waals surface area contributed by atoms with Crippen molar-refractivity contribution in [2.24, 2.45) is 0 Å². The molecule has 0 spiro atoms. The maximum atomic E-state index is 12.4. The number of hydrogen-bond acceptors (Lipinski definition) is 1. The molecule has 86 valence electrons. The molecule has 16 heavy (non-hydrogen) atoms. The maximum absolute atomic E-state index is 12.4. The van der Waals surface area contributed by atoms with Gasteiger partial charge in [-0.25, -0.2) is 13.8 Å². The van der Waals surface area contributed by atoms with Crippen LogP contribution in [0.15, 0.2) is 22.7 Å². The van der Waals surface area contributed by atoms with Crippen LogP contribution in [0.3, 0.4) is 0 Å². The highest BCUT2D eigenvalue weighted by molar-refractivity contribution is 9.10. The smallest absolute Gasteiger partial charge is 0.256 e. The summed E-state index contributed by atoms with van der Waals surface area (Å²) in [6, 6.07) is 5.34. The molecule has 0 bridgehead atoms. The lowest BCUT2D eigenvalue weighted by molar-refractivity contribution is 0.127. The number of rotatable bonds is 3. The number of alkyl halides is 3. The number of nitrogens with zero attached hydrogens (tertiary/aromatic N) is 2. The second kappa shape index (κ2) is 4.67. The third-order valence-corrected chi connectivity index (χ3v) is 2.96. The SMILES string of the molecule is FC(F)Cn1c(CCl)nc2cc(Br)ccc21. The predicted molar refractivity (Wildman–Crippen MR) is 63.0 cm³/mol. The van der Waals surface area contributed by atoms with E-state index in [-0.39, 0.29) is 12.4 Å². The van der Waals surface area contributed by atoms with Crippen molar-refractivity contribution in [3.63, 3.8) is 0 Å². The molecule has 0 aliphatic rings. The normalized spacial score (nSPS) is 11.6. The number of benzene rings is 1. The van der Waals surface area contributed by atoms with Gasteiger partial charge in [0.05, 0.1) is 23.5 Å². The van der Waals surface area contributed by atoms with Gasteiger partial charge in [-0.05, 0) is 18.2 Å². The van der Waals surface area contributed by atoms with E-state index in [4.69, 9.17) is 11.6 Å². The Morgan fingerprint density at radius 2 is 2.19 bits per heavy atom. The van der Waals surface area contributed by atoms with Gasteiger partial charge in [-0.3, -0.25) is 0 Å². The fourth-order valence-corrected chi connectivity index (χ4v) is 2.15. The summed E-state index contributed by atoms with van der Waals surface area (Å²) >= 11 is 9.00. The molecule has 0 fully saturated rings. The zero-order valence-electron chi connectivity index (χ0n) is 8.13. The molecule has 0 atom stereocenters. The van der Waals surface area contributed by atoms with Crippen molar-refractivity contribution in [2.45, 2.75) is 18.9 Å². The molecule has 2 aromatic rings. The molecule has 0 N–H and O–H groups in total. The van der Waals surface area contributed by atoms with Crippen LogP contribution >= 0.6 is 27.5 Å². The van der Waals surface area contributed by atoms with Gasteiger partial charge in [0.25, 0.3) is 6.43 Å². The van der Waals surface area contributed by atoms with Crippen LogP contribution in [0.5, 0.6) is 0 Å². The molecule has 1 aromatic carbocycles. The maximum Gasteiger partial charge on any atom is 0.256 e. The molecular weight excluding hydrogens is 301 g/mol. The Balaban J connectivity index is 2.59. The zero-order valence-corrected chi connectivity index (χ0v) is 10.5. The Bertz CT molecular complexity index is 513. The summed E-state index contributed by atoms with van der Waals surface area (Å²) in [5, 5.41) is 0. The molecule has 0 amide bonds. The summed E-state index contributed by atoms with van der Waals surface area (Å²) in [6.07, 6.45) is -2.41. The number of imidazole rings is 1. The van der Waals surface area contributed by atoms with Gasteiger partial charge in [-0.15, -0.1) is 11.6 Å². The number of halogens is 4. The van der Waals surface area contributed by atoms with E-state index in [0.717, 1.165) is 4.47 Å². The summed E-state index contributed by atoms with van der Waals surface area (Å²) in [7, 11) is 0. The highest BCUT2D eigenvalue weighted by Gasteiger charge is 2.13. The van der Waals surface area contributed by atoms with Crippen LogP contribution in [-0.4, -0.2) is 16.0 Å². The summed E-state index contributed by atoms with van der Waals surface area (Å²) in [5.74, 6) is 0.592. The van der Waals surface area contributed by atoms with Gasteiger partial charge in [-0.2, -0.15) is 0 Å². The van der Waals surface area contributed by atoms with E-state index >= 15 is 0 Å². The fourth-order valence-electron chi connectivity index (χ4n) is 1.60. The Hall–Kier alpha value is -0.680. The minimum atomic E-state index is -2.41. The van der Waals surface area contributed by atoms with Crippen LogP contribution in [-0.2, 0) is 12.4 Å². The molecule has 2 nitrogen and oxygen atoms in total. The van der Waals surface area contributed by atoms with Crippen molar-refractivity contribution in [3.05, 3.63) is 28.5 Å². The second-order valence-corrected chi connectivity index (χ2v) is 4.48. The lowest BCUT2D eigenvalue weighted by atomic mass is 10.3. The summed E-state index contributed by atoms with van der Waals surface area (Å²) in [4.78, 5) is 4.21. The molecular formula is C10H8BrClF2N2. The van der Waals surface area contributed by atoms with E-state index < -0.39 is 6.43 Å². The average molecular weight is 310 g/mol. The van der Waals surface area contributed by atoms with Crippen LogP contribution < -0.4 is 0 Å². The summed E-state index contributed by atoms with van der Waals surface area (Å²) in [5.41, 5.74) is 1.35. The first-order valence-corrected chi connectivity index (χ1v) is 5.93. The first-order valence-electron chi connectivity index (χ1n) is 4.60. The number of hydrogen-bond donors (Lipinski definition) is 0. The fraction of sp³-hybridized carbons (Fsp3) is 0.300. The molecule has 2 rings (SSSR count). The van der Waals surface area contributed by atoms with Crippen molar-refractivity contribution in [3.8, 4) is 0 Å². The first kappa shape index (κ1) is 11.8. The summed E-state index contributed by atoms with van der Waals surface area (Å²) in [6.45, 7) is -0.375. The van der Waals surface area contributed by atoms with E-state index in [9.17, 15) is 8.78 Å². The molecule has 1 heterocycles. The van der Waals surface area contributed by atoms with Crippen molar-refractivity contribution in [2.75, 3.05) is 0 Å². The Morgan fingerprint density at radius 1 is 1.44 bits per heavy atom. The second-order valence-electron chi connectivity index (χ2n) is 3.30. The van der Waals surface area contributed by atoms with Gasteiger partial charge < -0.3 is 4.57 Å². The topological polar surface area (TPSA) is 17.8 Å². The van der Waals surface area contributed by atoms with Crippen molar-refractivity contribution in [1.29, 1.82) is 0 Å². The van der Waals surface area contributed by atoms with Crippen LogP contribution in [0.25, 0.3) is 11.0 Å². The third-order valence-electron chi connectivity index (χ3n) is 2.23. The van der Waals surface area contributed by atoms with Gasteiger partial charge in [0.2, 0.25) is 0 Å². The lowest BCUT2D eigenvalue weighted by Crippen LogP contribution is -2.09.